The first-order valence-corrected chi connectivity index (χ1v) is 8.90. The number of anilines is 1. The summed E-state index contributed by atoms with van der Waals surface area (Å²) in [4.78, 5) is 26.7. The van der Waals surface area contributed by atoms with Crippen molar-refractivity contribution in [2.75, 3.05) is 18.5 Å². The highest BCUT2D eigenvalue weighted by molar-refractivity contribution is 5.94. The van der Waals surface area contributed by atoms with Crippen LogP contribution < -0.4 is 20.3 Å². The minimum Gasteiger partial charge on any atom is -0.494 e. The molecule has 1 aromatic heterocycles. The minimum atomic E-state index is -0.280. The van der Waals surface area contributed by atoms with E-state index in [1.807, 2.05) is 26.0 Å². The summed E-state index contributed by atoms with van der Waals surface area (Å²) in [6.07, 6.45) is 0.766. The topological polar surface area (TPSA) is 80.4 Å². The first-order chi connectivity index (χ1) is 13.1. The van der Waals surface area contributed by atoms with Gasteiger partial charge in [0.05, 0.1) is 12.1 Å². The molecule has 0 aliphatic rings. The molecule has 0 aliphatic heterocycles. The molecule has 2 N–H and O–H groups in total. The average Bonchev–Trinajstić information content (AvgIpc) is 2.66. The van der Waals surface area contributed by atoms with Crippen molar-refractivity contribution in [2.24, 2.45) is 0 Å². The molecule has 0 aliphatic carbocycles. The lowest BCUT2D eigenvalue weighted by Gasteiger charge is -2.10. The second-order valence-corrected chi connectivity index (χ2v) is 6.01. The first kappa shape index (κ1) is 18.5. The Kier molecular flexibility index (Phi) is 5.76. The molecule has 27 heavy (non-hydrogen) atoms. The number of benzene rings is 2. The molecule has 0 spiro atoms. The number of H-pyrrole nitrogens is 1. The van der Waals surface area contributed by atoms with Crippen molar-refractivity contribution in [3.8, 4) is 11.5 Å². The number of fused-ring (bicyclic) bond motifs is 1. The Bertz CT molecular complexity index is 993. The summed E-state index contributed by atoms with van der Waals surface area (Å²) in [5.41, 5.74) is 2.13. The summed E-state index contributed by atoms with van der Waals surface area (Å²) < 4.78 is 10.9. The van der Waals surface area contributed by atoms with Crippen molar-refractivity contribution in [2.45, 2.75) is 20.3 Å². The van der Waals surface area contributed by atoms with E-state index in [1.165, 1.54) is 0 Å². The van der Waals surface area contributed by atoms with Crippen LogP contribution in [0.5, 0.6) is 11.5 Å². The lowest BCUT2D eigenvalue weighted by atomic mass is 10.1. The van der Waals surface area contributed by atoms with E-state index in [4.69, 9.17) is 9.47 Å². The second-order valence-electron chi connectivity index (χ2n) is 6.01. The SMILES string of the molecule is CCOc1ccc(OCC(=O)Nc2ccc3c(CC)cc(=O)[nH]c3c2)cc1. The zero-order valence-electron chi connectivity index (χ0n) is 15.4. The van der Waals surface area contributed by atoms with Crippen LogP contribution in [0.2, 0.25) is 0 Å². The van der Waals surface area contributed by atoms with E-state index in [9.17, 15) is 9.59 Å². The highest BCUT2D eigenvalue weighted by atomic mass is 16.5. The van der Waals surface area contributed by atoms with Crippen LogP contribution in [0.4, 0.5) is 5.69 Å². The Morgan fingerprint density at radius 1 is 1.00 bits per heavy atom. The Morgan fingerprint density at radius 2 is 1.70 bits per heavy atom. The molecule has 2 aromatic carbocycles. The Morgan fingerprint density at radius 3 is 2.37 bits per heavy atom. The molecular weight excluding hydrogens is 344 g/mol. The molecule has 0 fully saturated rings. The summed E-state index contributed by atoms with van der Waals surface area (Å²) >= 11 is 0. The number of amides is 1. The molecule has 6 heteroatoms. The summed E-state index contributed by atoms with van der Waals surface area (Å²) in [5, 5.41) is 3.76. The van der Waals surface area contributed by atoms with E-state index < -0.39 is 0 Å². The largest absolute Gasteiger partial charge is 0.494 e. The van der Waals surface area contributed by atoms with Gasteiger partial charge in [-0.25, -0.2) is 0 Å². The Labute approximate surface area is 157 Å². The lowest BCUT2D eigenvalue weighted by Crippen LogP contribution is -2.20. The number of ether oxygens (including phenoxy) is 2. The minimum absolute atomic E-state index is 0.114. The molecule has 140 valence electrons. The van der Waals surface area contributed by atoms with Gasteiger partial charge in [-0.05, 0) is 55.3 Å². The van der Waals surface area contributed by atoms with Crippen LogP contribution in [-0.2, 0) is 11.2 Å². The third-order valence-electron chi connectivity index (χ3n) is 4.10. The van der Waals surface area contributed by atoms with E-state index in [0.29, 0.717) is 23.6 Å². The number of rotatable bonds is 7. The fourth-order valence-electron chi connectivity index (χ4n) is 2.85. The van der Waals surface area contributed by atoms with Gasteiger partial charge in [0.2, 0.25) is 5.56 Å². The van der Waals surface area contributed by atoms with Crippen LogP contribution in [0.3, 0.4) is 0 Å². The fourth-order valence-corrected chi connectivity index (χ4v) is 2.85. The highest BCUT2D eigenvalue weighted by Gasteiger charge is 2.07. The summed E-state index contributed by atoms with van der Waals surface area (Å²) in [6, 6.07) is 14.2. The van der Waals surface area contributed by atoms with Gasteiger partial charge in [-0.1, -0.05) is 13.0 Å². The predicted octanol–water partition coefficient (Wildman–Crippen LogP) is 3.51. The number of aryl methyl sites for hydroxylation is 1. The summed E-state index contributed by atoms with van der Waals surface area (Å²) in [5.74, 6) is 1.06. The number of hydrogen-bond donors (Lipinski definition) is 2. The highest BCUT2D eigenvalue weighted by Crippen LogP contribution is 2.20. The summed E-state index contributed by atoms with van der Waals surface area (Å²) in [7, 11) is 0. The van der Waals surface area contributed by atoms with Crippen LogP contribution in [0, 0.1) is 0 Å². The van der Waals surface area contributed by atoms with E-state index >= 15 is 0 Å². The average molecular weight is 366 g/mol. The van der Waals surface area contributed by atoms with Crippen molar-refractivity contribution in [1.29, 1.82) is 0 Å². The van der Waals surface area contributed by atoms with Gasteiger partial charge in [0, 0.05) is 17.1 Å². The standard InChI is InChI=1S/C21H22N2O4/c1-3-14-11-20(24)23-19-12-15(5-10-18(14)19)22-21(25)13-27-17-8-6-16(7-9-17)26-4-2/h5-12H,3-4,13H2,1-2H3,(H,22,25)(H,23,24). The van der Waals surface area contributed by atoms with Crippen molar-refractivity contribution >= 4 is 22.5 Å². The zero-order chi connectivity index (χ0) is 19.2. The maximum Gasteiger partial charge on any atom is 0.262 e. The van der Waals surface area contributed by atoms with Crippen LogP contribution in [0.25, 0.3) is 10.9 Å². The van der Waals surface area contributed by atoms with E-state index in [1.54, 1.807) is 36.4 Å². The molecule has 3 rings (SSSR count). The van der Waals surface area contributed by atoms with Gasteiger partial charge >= 0.3 is 0 Å². The summed E-state index contributed by atoms with van der Waals surface area (Å²) in [6.45, 7) is 4.40. The van der Waals surface area contributed by atoms with Crippen LogP contribution in [0.15, 0.2) is 53.3 Å². The first-order valence-electron chi connectivity index (χ1n) is 8.90. The van der Waals surface area contributed by atoms with Gasteiger partial charge in [-0.15, -0.1) is 0 Å². The third kappa shape index (κ3) is 4.67. The van der Waals surface area contributed by atoms with Gasteiger partial charge < -0.3 is 19.8 Å². The van der Waals surface area contributed by atoms with E-state index in [2.05, 4.69) is 10.3 Å². The number of carbonyl (C=O) groups is 1. The Hall–Kier alpha value is -3.28. The van der Waals surface area contributed by atoms with Gasteiger partial charge in [0.15, 0.2) is 6.61 Å². The van der Waals surface area contributed by atoms with Crippen molar-refractivity contribution in [3.05, 3.63) is 64.4 Å². The Balaban J connectivity index is 1.64. The number of aromatic nitrogens is 1. The fraction of sp³-hybridized carbons (Fsp3) is 0.238. The molecule has 0 unspecified atom stereocenters. The molecule has 0 bridgehead atoms. The molecular formula is C21H22N2O4. The normalized spacial score (nSPS) is 10.6. The molecule has 0 radical (unpaired) electrons. The van der Waals surface area contributed by atoms with Crippen molar-refractivity contribution in [1.82, 2.24) is 4.98 Å². The van der Waals surface area contributed by atoms with Crippen LogP contribution in [-0.4, -0.2) is 24.1 Å². The number of nitrogens with one attached hydrogen (secondary N) is 2. The smallest absolute Gasteiger partial charge is 0.262 e. The van der Waals surface area contributed by atoms with Crippen molar-refractivity contribution in [3.63, 3.8) is 0 Å². The zero-order valence-corrected chi connectivity index (χ0v) is 15.4. The molecule has 0 atom stereocenters. The molecule has 3 aromatic rings. The maximum absolute atomic E-state index is 12.1. The number of hydrogen-bond acceptors (Lipinski definition) is 4. The number of pyridine rings is 1. The quantitative estimate of drug-likeness (QED) is 0.671. The monoisotopic (exact) mass is 366 g/mol. The molecule has 0 saturated heterocycles. The third-order valence-corrected chi connectivity index (χ3v) is 4.10. The molecule has 6 nitrogen and oxygen atoms in total. The molecule has 0 saturated carbocycles. The van der Waals surface area contributed by atoms with E-state index in [0.717, 1.165) is 23.1 Å². The lowest BCUT2D eigenvalue weighted by molar-refractivity contribution is -0.118. The van der Waals surface area contributed by atoms with Crippen molar-refractivity contribution < 1.29 is 14.3 Å². The van der Waals surface area contributed by atoms with Crippen LogP contribution >= 0.6 is 0 Å². The maximum atomic E-state index is 12.1. The molecule has 1 amide bonds. The predicted molar refractivity (Wildman–Crippen MR) is 106 cm³/mol. The van der Waals surface area contributed by atoms with E-state index in [-0.39, 0.29) is 18.1 Å². The van der Waals surface area contributed by atoms with Gasteiger partial charge in [0.25, 0.3) is 5.91 Å². The van der Waals surface area contributed by atoms with Gasteiger partial charge in [-0.2, -0.15) is 0 Å². The molecule has 1 heterocycles. The number of carbonyl (C=O) groups excluding carboxylic acids is 1. The van der Waals surface area contributed by atoms with Gasteiger partial charge in [-0.3, -0.25) is 9.59 Å². The number of aromatic amines is 1. The second kappa shape index (κ2) is 8.40. The van der Waals surface area contributed by atoms with Crippen LogP contribution in [0.1, 0.15) is 19.4 Å². The van der Waals surface area contributed by atoms with Gasteiger partial charge in [0.1, 0.15) is 11.5 Å².